The Bertz CT molecular complexity index is 946. The molecule has 1 N–H and O–H groups in total. The molecule has 0 saturated carbocycles. The van der Waals surface area contributed by atoms with Crippen molar-refractivity contribution in [1.82, 2.24) is 24.6 Å². The van der Waals surface area contributed by atoms with Gasteiger partial charge >= 0.3 is 0 Å². The average Bonchev–Trinajstić information content (AvgIpc) is 3.11. The molecule has 3 aromatic rings. The number of aliphatic hydroxyl groups excluding tert-OH is 1. The topological polar surface area (TPSA) is 70.3 Å². The van der Waals surface area contributed by atoms with Crippen molar-refractivity contribution in [3.63, 3.8) is 0 Å². The van der Waals surface area contributed by atoms with Gasteiger partial charge in [-0.05, 0) is 30.9 Å². The van der Waals surface area contributed by atoms with Crippen LogP contribution in [-0.2, 0) is 20.0 Å². The first-order valence-corrected chi connectivity index (χ1v) is 10.6. The van der Waals surface area contributed by atoms with Crippen molar-refractivity contribution < 1.29 is 5.11 Å². The highest BCUT2D eigenvalue weighted by Crippen LogP contribution is 2.30. The molecule has 0 bridgehead atoms. The van der Waals surface area contributed by atoms with Crippen LogP contribution in [0.4, 0.5) is 5.82 Å². The predicted octanol–water partition coefficient (Wildman–Crippen LogP) is 2.93. The summed E-state index contributed by atoms with van der Waals surface area (Å²) in [5.74, 6) is 0.930. The number of aromatic nitrogens is 4. The smallest absolute Gasteiger partial charge is 0.147 e. The van der Waals surface area contributed by atoms with E-state index in [1.165, 1.54) is 22.4 Å². The molecule has 166 valence electrons. The maximum Gasteiger partial charge on any atom is 0.147 e. The fourth-order valence-corrected chi connectivity index (χ4v) is 4.10. The molecule has 1 atom stereocenters. The van der Waals surface area contributed by atoms with E-state index in [0.717, 1.165) is 44.8 Å². The Kier molecular flexibility index (Phi) is 8.01. The van der Waals surface area contributed by atoms with E-state index in [0.29, 0.717) is 0 Å². The molecule has 8 heteroatoms. The molecular weight excluding hydrogens is 412 g/mol. The molecular formula is C23H31ClN6O. The Balaban J connectivity index is 0.00000272. The first-order valence-electron chi connectivity index (χ1n) is 10.6. The number of rotatable bonds is 7. The Morgan fingerprint density at radius 2 is 1.90 bits per heavy atom. The van der Waals surface area contributed by atoms with Gasteiger partial charge in [-0.2, -0.15) is 5.10 Å². The molecule has 31 heavy (non-hydrogen) atoms. The van der Waals surface area contributed by atoms with Crippen LogP contribution in [-0.4, -0.2) is 56.0 Å². The van der Waals surface area contributed by atoms with E-state index < -0.39 is 0 Å². The van der Waals surface area contributed by atoms with Crippen molar-refractivity contribution in [3.05, 3.63) is 71.4 Å². The highest BCUT2D eigenvalue weighted by atomic mass is 35.5. The quantitative estimate of drug-likeness (QED) is 0.606. The predicted molar refractivity (Wildman–Crippen MR) is 124 cm³/mol. The Labute approximate surface area is 190 Å². The summed E-state index contributed by atoms with van der Waals surface area (Å²) in [4.78, 5) is 13.6. The van der Waals surface area contributed by atoms with Crippen molar-refractivity contribution in [2.24, 2.45) is 7.05 Å². The van der Waals surface area contributed by atoms with Gasteiger partial charge in [-0.3, -0.25) is 14.6 Å². The SMILES string of the molecule is Cc1c(CN2CCN(c3cnccn3)CC2c2ccc(CCCO)cc2)cnn1C.Cl. The summed E-state index contributed by atoms with van der Waals surface area (Å²) in [6.07, 6.45) is 9.01. The molecule has 7 nitrogen and oxygen atoms in total. The lowest BCUT2D eigenvalue weighted by Crippen LogP contribution is -2.48. The van der Waals surface area contributed by atoms with Crippen LogP contribution in [0.3, 0.4) is 0 Å². The average molecular weight is 443 g/mol. The Hall–Kier alpha value is -2.48. The molecule has 1 aromatic carbocycles. The molecule has 1 fully saturated rings. The van der Waals surface area contributed by atoms with Gasteiger partial charge in [0.15, 0.2) is 0 Å². The van der Waals surface area contributed by atoms with Crippen LogP contribution in [0.1, 0.15) is 34.8 Å². The van der Waals surface area contributed by atoms with E-state index in [1.54, 1.807) is 12.4 Å². The number of anilines is 1. The maximum absolute atomic E-state index is 9.09. The Morgan fingerprint density at radius 1 is 1.10 bits per heavy atom. The third-order valence-electron chi connectivity index (χ3n) is 6.06. The van der Waals surface area contributed by atoms with Gasteiger partial charge in [0.2, 0.25) is 0 Å². The summed E-state index contributed by atoms with van der Waals surface area (Å²) in [6, 6.07) is 9.12. The number of hydrogen-bond donors (Lipinski definition) is 1. The molecule has 4 rings (SSSR count). The van der Waals surface area contributed by atoms with Crippen LogP contribution in [0.5, 0.6) is 0 Å². The lowest BCUT2D eigenvalue weighted by Gasteiger charge is -2.42. The van der Waals surface area contributed by atoms with Gasteiger partial charge in [0.05, 0.1) is 18.4 Å². The standard InChI is InChI=1S/C23H30N6O.ClH/c1-18-21(14-26-27(18)2)16-28-11-12-29(23-15-24-9-10-25-23)17-22(28)20-7-5-19(6-8-20)4-3-13-30;/h5-10,14-15,22,30H,3-4,11-13,16-17H2,1-2H3;1H. The zero-order valence-corrected chi connectivity index (χ0v) is 19.0. The minimum absolute atomic E-state index is 0. The fraction of sp³-hybridized carbons (Fsp3) is 0.435. The number of benzene rings is 1. The van der Waals surface area contributed by atoms with Crippen LogP contribution in [0.2, 0.25) is 0 Å². The highest BCUT2D eigenvalue weighted by Gasteiger charge is 2.29. The number of nitrogens with zero attached hydrogens (tertiary/aromatic N) is 6. The van der Waals surface area contributed by atoms with Crippen molar-refractivity contribution in [1.29, 1.82) is 0 Å². The lowest BCUT2D eigenvalue weighted by atomic mass is 9.99. The third-order valence-corrected chi connectivity index (χ3v) is 6.06. The first kappa shape index (κ1) is 23.2. The van der Waals surface area contributed by atoms with Crippen molar-refractivity contribution >= 4 is 18.2 Å². The van der Waals surface area contributed by atoms with Gasteiger partial charge in [0.25, 0.3) is 0 Å². The molecule has 0 aliphatic carbocycles. The number of hydrogen-bond acceptors (Lipinski definition) is 6. The zero-order valence-electron chi connectivity index (χ0n) is 18.2. The molecule has 0 radical (unpaired) electrons. The van der Waals surface area contributed by atoms with Crippen LogP contribution >= 0.6 is 12.4 Å². The number of piperazine rings is 1. The molecule has 1 saturated heterocycles. The molecule has 1 aliphatic heterocycles. The summed E-state index contributed by atoms with van der Waals surface area (Å²) < 4.78 is 1.94. The molecule has 2 aromatic heterocycles. The summed E-state index contributed by atoms with van der Waals surface area (Å²) in [5.41, 5.74) is 5.06. The van der Waals surface area contributed by atoms with Crippen molar-refractivity contribution in [2.75, 3.05) is 31.1 Å². The first-order chi connectivity index (χ1) is 14.7. The van der Waals surface area contributed by atoms with Crippen LogP contribution in [0, 0.1) is 6.92 Å². The lowest BCUT2D eigenvalue weighted by molar-refractivity contribution is 0.168. The second-order valence-corrected chi connectivity index (χ2v) is 7.94. The third kappa shape index (κ3) is 5.42. The molecule has 1 unspecified atom stereocenters. The largest absolute Gasteiger partial charge is 0.396 e. The van der Waals surface area contributed by atoms with E-state index in [1.807, 2.05) is 24.1 Å². The van der Waals surface area contributed by atoms with Gasteiger partial charge < -0.3 is 10.0 Å². The zero-order chi connectivity index (χ0) is 20.9. The second kappa shape index (κ2) is 10.7. The summed E-state index contributed by atoms with van der Waals surface area (Å²) in [6.45, 7) is 5.97. The van der Waals surface area contributed by atoms with Crippen LogP contribution < -0.4 is 4.90 Å². The number of aryl methyl sites for hydroxylation is 2. The van der Waals surface area contributed by atoms with Gasteiger partial charge in [-0.15, -0.1) is 12.4 Å². The van der Waals surface area contributed by atoms with Gasteiger partial charge in [-0.1, -0.05) is 24.3 Å². The molecule has 3 heterocycles. The number of halogens is 1. The molecule has 0 spiro atoms. The highest BCUT2D eigenvalue weighted by molar-refractivity contribution is 5.85. The van der Waals surface area contributed by atoms with Crippen LogP contribution in [0.25, 0.3) is 0 Å². The second-order valence-electron chi connectivity index (χ2n) is 7.94. The maximum atomic E-state index is 9.09. The molecule has 1 aliphatic rings. The fourth-order valence-electron chi connectivity index (χ4n) is 4.10. The van der Waals surface area contributed by atoms with E-state index in [-0.39, 0.29) is 25.1 Å². The summed E-state index contributed by atoms with van der Waals surface area (Å²) >= 11 is 0. The summed E-state index contributed by atoms with van der Waals surface area (Å²) in [5, 5.41) is 13.5. The van der Waals surface area contributed by atoms with Crippen LogP contribution in [0.15, 0.2) is 49.1 Å². The Morgan fingerprint density at radius 3 is 2.55 bits per heavy atom. The van der Waals surface area contributed by atoms with Crippen molar-refractivity contribution in [2.45, 2.75) is 32.4 Å². The summed E-state index contributed by atoms with van der Waals surface area (Å²) in [7, 11) is 1.99. The van der Waals surface area contributed by atoms with Gasteiger partial charge in [-0.25, -0.2) is 4.98 Å². The molecule has 0 amide bonds. The minimum Gasteiger partial charge on any atom is -0.396 e. The number of aliphatic hydroxyl groups is 1. The monoisotopic (exact) mass is 442 g/mol. The van der Waals surface area contributed by atoms with E-state index in [9.17, 15) is 0 Å². The van der Waals surface area contributed by atoms with Gasteiger partial charge in [0, 0.05) is 63.5 Å². The van der Waals surface area contributed by atoms with E-state index in [2.05, 4.69) is 56.1 Å². The minimum atomic E-state index is 0. The van der Waals surface area contributed by atoms with E-state index in [4.69, 9.17) is 5.11 Å². The normalized spacial score (nSPS) is 16.9. The van der Waals surface area contributed by atoms with Crippen molar-refractivity contribution in [3.8, 4) is 0 Å². The van der Waals surface area contributed by atoms with Gasteiger partial charge in [0.1, 0.15) is 5.82 Å². The van der Waals surface area contributed by atoms with E-state index >= 15 is 0 Å².